The Morgan fingerprint density at radius 1 is 1.30 bits per heavy atom. The minimum Gasteiger partial charge on any atom is -0.388 e. The molecule has 0 unspecified atom stereocenters. The smallest absolute Gasteiger partial charge is 0.287 e. The maximum Gasteiger partial charge on any atom is 0.287 e. The number of carbonyl (C=O) groups excluding carboxylic acids is 2. The van der Waals surface area contributed by atoms with Crippen molar-refractivity contribution in [3.05, 3.63) is 39.8 Å². The van der Waals surface area contributed by atoms with Gasteiger partial charge in [0, 0.05) is 39.2 Å². The molecule has 0 fully saturated rings. The minimum atomic E-state index is -0.596. The number of amidine groups is 1. The number of nitrogens with one attached hydrogen (secondary N) is 3. The van der Waals surface area contributed by atoms with E-state index in [0.29, 0.717) is 0 Å². The van der Waals surface area contributed by atoms with E-state index in [4.69, 9.17) is 11.1 Å². The predicted molar refractivity (Wildman–Crippen MR) is 99.3 cm³/mol. The zero-order valence-electron chi connectivity index (χ0n) is 14.6. The molecule has 2 aromatic rings. The van der Waals surface area contributed by atoms with Crippen molar-refractivity contribution in [1.82, 2.24) is 19.7 Å². The number of nitrogens with zero attached hydrogens (tertiary/aromatic N) is 4. The van der Waals surface area contributed by atoms with Gasteiger partial charge in [-0.2, -0.15) is 5.10 Å². The number of halogens is 1. The van der Waals surface area contributed by atoms with Gasteiger partial charge in [0.15, 0.2) is 5.82 Å². The van der Waals surface area contributed by atoms with Crippen molar-refractivity contribution in [2.24, 2.45) is 19.8 Å². The lowest BCUT2D eigenvalue weighted by Gasteiger charge is -2.03. The van der Waals surface area contributed by atoms with Gasteiger partial charge < -0.3 is 20.9 Å². The van der Waals surface area contributed by atoms with Crippen molar-refractivity contribution < 1.29 is 14.5 Å². The Kier molecular flexibility index (Phi) is 7.05. The van der Waals surface area contributed by atoms with Gasteiger partial charge >= 0.3 is 0 Å². The third-order valence-corrected chi connectivity index (χ3v) is 3.47. The third-order valence-electron chi connectivity index (χ3n) is 3.47. The zero-order chi connectivity index (χ0) is 19.4. The number of anilines is 1. The molecule has 0 aliphatic carbocycles. The van der Waals surface area contributed by atoms with E-state index in [1.807, 2.05) is 0 Å². The van der Waals surface area contributed by atoms with Gasteiger partial charge in [0.1, 0.15) is 11.4 Å². The molecule has 0 bridgehead atoms. The quantitative estimate of drug-likeness (QED) is 0.227. The van der Waals surface area contributed by atoms with E-state index in [0.717, 1.165) is 6.07 Å². The Morgan fingerprint density at radius 2 is 1.96 bits per heavy atom. The molecule has 0 saturated carbocycles. The van der Waals surface area contributed by atoms with Gasteiger partial charge in [0.2, 0.25) is 0 Å². The van der Waals surface area contributed by atoms with Crippen LogP contribution < -0.4 is 16.4 Å². The van der Waals surface area contributed by atoms with Gasteiger partial charge in [-0.3, -0.25) is 29.8 Å². The van der Waals surface area contributed by atoms with Crippen LogP contribution in [0.4, 0.5) is 11.5 Å². The predicted octanol–water partition coefficient (Wildman–Crippen LogP) is 0.397. The first-order chi connectivity index (χ1) is 12.2. The topological polar surface area (TPSA) is 174 Å². The molecule has 12 nitrogen and oxygen atoms in total. The van der Waals surface area contributed by atoms with E-state index in [1.54, 1.807) is 0 Å². The normalized spacial score (nSPS) is 10.0. The Balaban J connectivity index is 0.00000364. The summed E-state index contributed by atoms with van der Waals surface area (Å²) < 4.78 is 2.61. The highest BCUT2D eigenvalue weighted by Gasteiger charge is 2.20. The molecule has 0 aromatic carbocycles. The summed E-state index contributed by atoms with van der Waals surface area (Å²) >= 11 is 0. The molecule has 0 aliphatic heterocycles. The molecule has 0 saturated heterocycles. The van der Waals surface area contributed by atoms with Crippen LogP contribution in [0.1, 0.15) is 27.4 Å². The zero-order valence-corrected chi connectivity index (χ0v) is 15.4. The van der Waals surface area contributed by atoms with Crippen LogP contribution in [-0.2, 0) is 14.1 Å². The molecule has 13 heteroatoms. The fourth-order valence-electron chi connectivity index (χ4n) is 2.20. The molecule has 0 spiro atoms. The molecular weight excluding hydrogens is 380 g/mol. The van der Waals surface area contributed by atoms with Crippen LogP contribution >= 0.6 is 12.4 Å². The van der Waals surface area contributed by atoms with E-state index in [2.05, 4.69) is 15.7 Å². The van der Waals surface area contributed by atoms with Gasteiger partial charge in [-0.25, -0.2) is 0 Å². The average Bonchev–Trinajstić information content (AvgIpc) is 3.10. The summed E-state index contributed by atoms with van der Waals surface area (Å²) in [6.07, 6.45) is 1.45. The number of hydrogen-bond acceptors (Lipinski definition) is 6. The number of rotatable bonds is 7. The Labute approximate surface area is 159 Å². The largest absolute Gasteiger partial charge is 0.388 e. The molecule has 2 aromatic heterocycles. The third kappa shape index (κ3) is 5.28. The second-order valence-corrected chi connectivity index (χ2v) is 5.48. The van der Waals surface area contributed by atoms with Crippen LogP contribution in [0.2, 0.25) is 0 Å². The van der Waals surface area contributed by atoms with Crippen LogP contribution in [0.25, 0.3) is 0 Å². The first-order valence-corrected chi connectivity index (χ1v) is 7.46. The lowest BCUT2D eigenvalue weighted by Crippen LogP contribution is -2.29. The van der Waals surface area contributed by atoms with Gasteiger partial charge in [-0.05, 0) is 0 Å². The standard InChI is InChI=1S/C14H18N8O4.ClH/c1-20-7-8(22(25)26)5-9(20)14(24)18-12-6-10(21(2)19-12)13(23)17-4-3-11(15)16;/h5-7H,3-4H2,1-2H3,(H3,15,16)(H,17,23)(H,18,19,24);1H. The van der Waals surface area contributed by atoms with E-state index in [1.165, 1.54) is 35.6 Å². The fraction of sp³-hybridized carbons (Fsp3) is 0.286. The number of amides is 2. The van der Waals surface area contributed by atoms with Gasteiger partial charge in [0.25, 0.3) is 17.5 Å². The molecular formula is C14H19ClN8O4. The van der Waals surface area contributed by atoms with Gasteiger partial charge in [-0.15, -0.1) is 12.4 Å². The average molecular weight is 399 g/mol. The summed E-state index contributed by atoms with van der Waals surface area (Å²) in [5.74, 6) is -0.948. The van der Waals surface area contributed by atoms with Gasteiger partial charge in [-0.1, -0.05) is 0 Å². The molecule has 27 heavy (non-hydrogen) atoms. The Bertz CT molecular complexity index is 888. The number of nitrogens with two attached hydrogens (primary N) is 1. The van der Waals surface area contributed by atoms with Crippen LogP contribution in [0.3, 0.4) is 0 Å². The SMILES string of the molecule is Cl.Cn1cc([N+](=O)[O-])cc1C(=O)Nc1cc(C(=O)NCCC(=N)N)n(C)n1. The lowest BCUT2D eigenvalue weighted by molar-refractivity contribution is -0.384. The summed E-state index contributed by atoms with van der Waals surface area (Å²) in [4.78, 5) is 34.5. The Hall–Kier alpha value is -3.41. The van der Waals surface area contributed by atoms with Crippen molar-refractivity contribution in [3.8, 4) is 0 Å². The fourth-order valence-corrected chi connectivity index (χ4v) is 2.20. The summed E-state index contributed by atoms with van der Waals surface area (Å²) in [5.41, 5.74) is 5.29. The van der Waals surface area contributed by atoms with Crippen molar-refractivity contribution in [2.75, 3.05) is 11.9 Å². The van der Waals surface area contributed by atoms with Crippen molar-refractivity contribution in [3.63, 3.8) is 0 Å². The monoisotopic (exact) mass is 398 g/mol. The lowest BCUT2D eigenvalue weighted by atomic mass is 10.3. The molecule has 146 valence electrons. The van der Waals surface area contributed by atoms with Crippen LogP contribution in [0.5, 0.6) is 0 Å². The number of aromatic nitrogens is 3. The molecule has 0 radical (unpaired) electrons. The highest BCUT2D eigenvalue weighted by molar-refractivity contribution is 6.04. The second-order valence-electron chi connectivity index (χ2n) is 5.48. The Morgan fingerprint density at radius 3 is 2.52 bits per heavy atom. The van der Waals surface area contributed by atoms with Crippen molar-refractivity contribution >= 4 is 41.6 Å². The van der Waals surface area contributed by atoms with Crippen molar-refractivity contribution in [1.29, 1.82) is 5.41 Å². The molecule has 2 heterocycles. The van der Waals surface area contributed by atoms with E-state index in [-0.39, 0.29) is 54.1 Å². The summed E-state index contributed by atoms with van der Waals surface area (Å²) in [5, 5.41) is 27.0. The maximum absolute atomic E-state index is 12.3. The van der Waals surface area contributed by atoms with E-state index < -0.39 is 16.7 Å². The number of carbonyl (C=O) groups is 2. The maximum atomic E-state index is 12.3. The first kappa shape index (κ1) is 21.6. The van der Waals surface area contributed by atoms with Crippen LogP contribution in [0, 0.1) is 15.5 Å². The minimum absolute atomic E-state index is 0. The molecule has 2 rings (SSSR count). The van der Waals surface area contributed by atoms with Crippen molar-refractivity contribution in [2.45, 2.75) is 6.42 Å². The molecule has 0 atom stereocenters. The summed E-state index contributed by atoms with van der Waals surface area (Å²) in [7, 11) is 3.04. The van der Waals surface area contributed by atoms with Crippen LogP contribution in [0.15, 0.2) is 18.3 Å². The summed E-state index contributed by atoms with van der Waals surface area (Å²) in [6, 6.07) is 2.52. The molecule has 2 amide bonds. The summed E-state index contributed by atoms with van der Waals surface area (Å²) in [6.45, 7) is 0.202. The molecule has 5 N–H and O–H groups in total. The second kappa shape index (κ2) is 8.80. The van der Waals surface area contributed by atoms with E-state index in [9.17, 15) is 19.7 Å². The first-order valence-electron chi connectivity index (χ1n) is 7.46. The number of hydrogen-bond donors (Lipinski definition) is 4. The molecule has 0 aliphatic rings. The highest BCUT2D eigenvalue weighted by atomic mass is 35.5. The van der Waals surface area contributed by atoms with Gasteiger partial charge in [0.05, 0.1) is 17.0 Å². The van der Waals surface area contributed by atoms with E-state index >= 15 is 0 Å². The highest BCUT2D eigenvalue weighted by Crippen LogP contribution is 2.17. The number of nitro groups is 1. The van der Waals surface area contributed by atoms with Crippen LogP contribution in [-0.4, -0.2) is 43.5 Å². The number of aryl methyl sites for hydroxylation is 2.